The molecule has 1 aromatic rings. The normalized spacial score (nSPS) is 37.2. The average molecular weight is 489 g/mol. The van der Waals surface area contributed by atoms with Crippen molar-refractivity contribution in [1.82, 2.24) is 0 Å². The lowest BCUT2D eigenvalue weighted by Crippen LogP contribution is -2.61. The van der Waals surface area contributed by atoms with E-state index in [1.54, 1.807) is 0 Å². The van der Waals surface area contributed by atoms with Crippen LogP contribution in [0.25, 0.3) is 0 Å². The zero-order valence-corrected chi connectivity index (χ0v) is 23.6. The highest BCUT2D eigenvalue weighted by molar-refractivity contribution is 8.21. The molecule has 1 saturated heterocycles. The summed E-state index contributed by atoms with van der Waals surface area (Å²) in [6.07, 6.45) is 10.5. The van der Waals surface area contributed by atoms with Crippen molar-refractivity contribution in [2.75, 3.05) is 0 Å². The number of benzene rings is 1. The number of phenols is 1. The van der Waals surface area contributed by atoms with Crippen LogP contribution in [0.1, 0.15) is 111 Å². The third-order valence-corrected chi connectivity index (χ3v) is 13.2. The van der Waals surface area contributed by atoms with Crippen LogP contribution in [0, 0.1) is 5.41 Å². The third-order valence-electron chi connectivity index (χ3n) is 9.25. The Labute approximate surface area is 210 Å². The van der Waals surface area contributed by atoms with E-state index in [-0.39, 0.29) is 20.5 Å². The van der Waals surface area contributed by atoms with Gasteiger partial charge in [0.05, 0.1) is 4.08 Å². The highest BCUT2D eigenvalue weighted by Crippen LogP contribution is 2.67. The number of fused-ring (bicyclic) bond motifs is 3. The molecule has 0 amide bonds. The van der Waals surface area contributed by atoms with Crippen molar-refractivity contribution in [3.05, 3.63) is 34.9 Å². The lowest BCUT2D eigenvalue weighted by Gasteiger charge is -2.60. The maximum atomic E-state index is 11.6. The highest BCUT2D eigenvalue weighted by atomic mass is 32.2. The molecule has 2 nitrogen and oxygen atoms in total. The van der Waals surface area contributed by atoms with Crippen molar-refractivity contribution in [2.24, 2.45) is 5.41 Å². The minimum atomic E-state index is -0.318. The summed E-state index contributed by atoms with van der Waals surface area (Å²) in [6.45, 7) is 18.4. The van der Waals surface area contributed by atoms with Gasteiger partial charge in [0.15, 0.2) is 0 Å². The molecule has 0 bridgehead atoms. The van der Waals surface area contributed by atoms with Gasteiger partial charge in [0.25, 0.3) is 0 Å². The Bertz CT molecular complexity index is 926. The van der Waals surface area contributed by atoms with E-state index < -0.39 is 0 Å². The van der Waals surface area contributed by atoms with Crippen molar-refractivity contribution < 1.29 is 9.84 Å². The number of unbranched alkanes of at least 4 members (excludes halogenated alkanes) is 3. The molecule has 1 aromatic carbocycles. The van der Waals surface area contributed by atoms with Gasteiger partial charge in [0, 0.05) is 26.9 Å². The summed E-state index contributed by atoms with van der Waals surface area (Å²) in [4.78, 5) is 0. The molecule has 0 saturated carbocycles. The van der Waals surface area contributed by atoms with Crippen LogP contribution in [0.15, 0.2) is 23.8 Å². The zero-order chi connectivity index (χ0) is 24.2. The molecule has 4 heteroatoms. The van der Waals surface area contributed by atoms with Crippen LogP contribution < -0.4 is 4.74 Å². The van der Waals surface area contributed by atoms with E-state index >= 15 is 0 Å². The number of rotatable bonds is 6. The number of hydrogen-bond donors (Lipinski definition) is 1. The van der Waals surface area contributed by atoms with Gasteiger partial charge in [-0.3, -0.25) is 0 Å². The Kier molecular flexibility index (Phi) is 6.71. The fourth-order valence-corrected chi connectivity index (χ4v) is 10.6. The van der Waals surface area contributed by atoms with Crippen LogP contribution >= 0.6 is 23.5 Å². The van der Waals surface area contributed by atoms with Crippen molar-refractivity contribution in [1.29, 1.82) is 0 Å². The second-order valence-corrected chi connectivity index (χ2v) is 15.4. The van der Waals surface area contributed by atoms with Crippen LogP contribution in [0.2, 0.25) is 0 Å². The Hall–Kier alpha value is -0.740. The molecule has 0 spiro atoms. The quantitative estimate of drug-likeness (QED) is 0.320. The molecule has 4 atom stereocenters. The summed E-state index contributed by atoms with van der Waals surface area (Å²) in [6, 6.07) is 4.41. The zero-order valence-electron chi connectivity index (χ0n) is 22.0. The molecule has 1 fully saturated rings. The van der Waals surface area contributed by atoms with Gasteiger partial charge in [0.2, 0.25) is 0 Å². The van der Waals surface area contributed by atoms with Gasteiger partial charge < -0.3 is 9.84 Å². The van der Waals surface area contributed by atoms with Crippen LogP contribution in [-0.2, 0) is 9.49 Å². The molecule has 184 valence electrons. The molecule has 0 aromatic heterocycles. The van der Waals surface area contributed by atoms with E-state index in [0.717, 1.165) is 30.6 Å². The SMILES string of the molecule is CCCCCCC1(c2cc(O)c3c(c2)OC(C)(C)[C@]2(C)CC=C(C)C[C@@]32C)SC(C)C(C)S1. The van der Waals surface area contributed by atoms with Gasteiger partial charge in [0.1, 0.15) is 17.1 Å². The third kappa shape index (κ3) is 3.96. The maximum Gasteiger partial charge on any atom is 0.127 e. The van der Waals surface area contributed by atoms with E-state index in [1.807, 2.05) is 0 Å². The molecule has 33 heavy (non-hydrogen) atoms. The second kappa shape index (κ2) is 8.73. The molecule has 2 unspecified atom stereocenters. The topological polar surface area (TPSA) is 29.5 Å². The number of ether oxygens (including phenoxy) is 1. The Morgan fingerprint density at radius 1 is 1.03 bits per heavy atom. The van der Waals surface area contributed by atoms with Crippen molar-refractivity contribution in [3.63, 3.8) is 0 Å². The molecular weight excluding hydrogens is 444 g/mol. The molecule has 1 aliphatic carbocycles. The van der Waals surface area contributed by atoms with Gasteiger partial charge >= 0.3 is 0 Å². The first-order valence-corrected chi connectivity index (χ1v) is 14.7. The molecule has 1 N–H and O–H groups in total. The Morgan fingerprint density at radius 2 is 1.70 bits per heavy atom. The van der Waals surface area contributed by atoms with E-state index in [2.05, 4.69) is 97.1 Å². The standard InChI is InChI=1S/C29H44O2S2/c1-9-10-11-12-14-29(32-20(3)21(4)33-29)22-16-23(30)25-24(17-22)31-26(5,6)28(8)15-13-19(2)18-27(25,28)7/h13,16-17,20-21,30H,9-12,14-15,18H2,1-8H3/t20?,21?,27-,28-,29?/m0/s1. The summed E-state index contributed by atoms with van der Waals surface area (Å²) >= 11 is 4.20. The first-order valence-electron chi connectivity index (χ1n) is 13.0. The predicted molar refractivity (Wildman–Crippen MR) is 146 cm³/mol. The monoisotopic (exact) mass is 488 g/mol. The molecule has 0 radical (unpaired) electrons. The Morgan fingerprint density at radius 3 is 2.33 bits per heavy atom. The second-order valence-electron chi connectivity index (χ2n) is 11.8. The summed E-state index contributed by atoms with van der Waals surface area (Å²) in [5.74, 6) is 1.34. The van der Waals surface area contributed by atoms with E-state index in [1.165, 1.54) is 36.8 Å². The lowest BCUT2D eigenvalue weighted by atomic mass is 9.48. The molecule has 3 aliphatic rings. The maximum absolute atomic E-state index is 11.6. The minimum Gasteiger partial charge on any atom is -0.507 e. The van der Waals surface area contributed by atoms with E-state index in [0.29, 0.717) is 16.2 Å². The van der Waals surface area contributed by atoms with Crippen LogP contribution in [0.3, 0.4) is 0 Å². The summed E-state index contributed by atoms with van der Waals surface area (Å²) in [5.41, 5.74) is 3.13. The average Bonchev–Trinajstić information content (AvgIpc) is 3.01. The van der Waals surface area contributed by atoms with Crippen molar-refractivity contribution >= 4 is 23.5 Å². The largest absolute Gasteiger partial charge is 0.507 e. The first kappa shape index (κ1) is 25.4. The van der Waals surface area contributed by atoms with Crippen molar-refractivity contribution in [3.8, 4) is 11.5 Å². The van der Waals surface area contributed by atoms with Gasteiger partial charge in [-0.05, 0) is 57.7 Å². The molecular formula is C29H44O2S2. The predicted octanol–water partition coefficient (Wildman–Crippen LogP) is 8.95. The van der Waals surface area contributed by atoms with E-state index in [9.17, 15) is 5.11 Å². The first-order chi connectivity index (χ1) is 15.4. The number of phenolic OH excluding ortho intramolecular Hbond substituents is 1. The van der Waals surface area contributed by atoms with Gasteiger partial charge in [-0.2, -0.15) is 0 Å². The van der Waals surface area contributed by atoms with Crippen LogP contribution in [0.4, 0.5) is 0 Å². The van der Waals surface area contributed by atoms with Crippen LogP contribution in [-0.4, -0.2) is 21.2 Å². The summed E-state index contributed by atoms with van der Waals surface area (Å²) in [7, 11) is 0. The fraction of sp³-hybridized carbons (Fsp3) is 0.724. The summed E-state index contributed by atoms with van der Waals surface area (Å²) in [5, 5.41) is 12.8. The fourth-order valence-electron chi connectivity index (χ4n) is 6.55. The summed E-state index contributed by atoms with van der Waals surface area (Å²) < 4.78 is 6.80. The van der Waals surface area contributed by atoms with Gasteiger partial charge in [-0.25, -0.2) is 0 Å². The minimum absolute atomic E-state index is 0.00335. The number of aromatic hydroxyl groups is 1. The number of allylic oxidation sites excluding steroid dienone is 2. The van der Waals surface area contributed by atoms with Gasteiger partial charge in [-0.15, -0.1) is 23.5 Å². The Balaban J connectivity index is 1.81. The molecule has 2 aliphatic heterocycles. The highest BCUT2D eigenvalue weighted by Gasteiger charge is 2.61. The van der Waals surface area contributed by atoms with Gasteiger partial charge in [-0.1, -0.05) is 72.0 Å². The van der Waals surface area contributed by atoms with E-state index in [4.69, 9.17) is 4.74 Å². The smallest absolute Gasteiger partial charge is 0.127 e. The van der Waals surface area contributed by atoms with Crippen LogP contribution in [0.5, 0.6) is 11.5 Å². The lowest BCUT2D eigenvalue weighted by molar-refractivity contribution is -0.0948. The number of thioether (sulfide) groups is 2. The number of hydrogen-bond acceptors (Lipinski definition) is 4. The van der Waals surface area contributed by atoms with Crippen molar-refractivity contribution in [2.45, 2.75) is 126 Å². The molecule has 4 rings (SSSR count). The molecule has 2 heterocycles.